The van der Waals surface area contributed by atoms with Crippen LogP contribution in [0.3, 0.4) is 0 Å². The van der Waals surface area contributed by atoms with E-state index in [1.54, 1.807) is 76.5 Å². The lowest BCUT2D eigenvalue weighted by Crippen LogP contribution is -2.62. The van der Waals surface area contributed by atoms with Crippen LogP contribution < -0.4 is 64.4 Å². The van der Waals surface area contributed by atoms with Gasteiger partial charge in [-0.3, -0.25) is 54.0 Å². The third kappa shape index (κ3) is 21.3. The van der Waals surface area contributed by atoms with E-state index in [-0.39, 0.29) is 82.1 Å². The van der Waals surface area contributed by atoms with Gasteiger partial charge >= 0.3 is 6.03 Å². The number of urea groups is 1. The van der Waals surface area contributed by atoms with Crippen LogP contribution in [0.1, 0.15) is 89.8 Å². The van der Waals surface area contributed by atoms with Gasteiger partial charge in [-0.25, -0.2) is 10.2 Å². The molecule has 18 N–H and O–H groups in total. The van der Waals surface area contributed by atoms with E-state index in [0.29, 0.717) is 23.1 Å². The number of aliphatic hydroxyl groups is 2. The number of aromatic nitrogens is 1. The molecule has 0 unspecified atom stereocenters. The quantitative estimate of drug-likeness (QED) is 0.0125. The van der Waals surface area contributed by atoms with E-state index in [1.807, 2.05) is 24.3 Å². The van der Waals surface area contributed by atoms with Gasteiger partial charge in [0.25, 0.3) is 5.91 Å². The first-order valence-corrected chi connectivity index (χ1v) is 28.9. The Labute approximate surface area is 503 Å². The molecular weight excluding hydrogens is 1130 g/mol. The summed E-state index contributed by atoms with van der Waals surface area (Å²) in [4.78, 5) is 141. The lowest BCUT2D eigenvalue weighted by Gasteiger charge is -2.30. The second kappa shape index (κ2) is 33.4. The zero-order valence-electron chi connectivity index (χ0n) is 49.7. The highest BCUT2D eigenvalue weighted by molar-refractivity contribution is 5.98. The van der Waals surface area contributed by atoms with Crippen molar-refractivity contribution in [3.05, 3.63) is 102 Å². The molecular formula is C59H83N15O13. The Bertz CT molecular complexity index is 3030. The fourth-order valence-electron chi connectivity index (χ4n) is 9.89. The molecule has 472 valence electrons. The van der Waals surface area contributed by atoms with Gasteiger partial charge in [-0.15, -0.1) is 0 Å². The minimum atomic E-state index is -1.73. The van der Waals surface area contributed by atoms with Gasteiger partial charge in [0, 0.05) is 69.8 Å². The Morgan fingerprint density at radius 3 is 1.94 bits per heavy atom. The van der Waals surface area contributed by atoms with Crippen molar-refractivity contribution < 1.29 is 63.3 Å². The number of nitrogens with one attached hydrogen (secondary N) is 13. The second-order valence-electron chi connectivity index (χ2n) is 21.9. The van der Waals surface area contributed by atoms with E-state index in [9.17, 15) is 63.3 Å². The topological polar surface area (TPSA) is 433 Å². The minimum absolute atomic E-state index is 0.0130. The van der Waals surface area contributed by atoms with Gasteiger partial charge in [-0.05, 0) is 73.4 Å². The summed E-state index contributed by atoms with van der Waals surface area (Å²) in [6.45, 7) is 7.66. The lowest BCUT2D eigenvalue weighted by atomic mass is 10.0. The summed E-state index contributed by atoms with van der Waals surface area (Å²) in [5, 5.41) is 63.7. The van der Waals surface area contributed by atoms with Crippen molar-refractivity contribution in [3.8, 4) is 5.75 Å². The van der Waals surface area contributed by atoms with Gasteiger partial charge < -0.3 is 78.8 Å². The molecule has 11 amide bonds. The molecule has 4 aromatic rings. The number of likely N-dealkylation sites (tertiary alicyclic amines) is 1. The number of hydrazine groups is 1. The monoisotopic (exact) mass is 1210 g/mol. The average Bonchev–Trinajstić information content (AvgIpc) is 1.99. The molecule has 0 aliphatic carbocycles. The molecule has 0 bridgehead atoms. The van der Waals surface area contributed by atoms with Crippen LogP contribution in [-0.4, -0.2) is 171 Å². The van der Waals surface area contributed by atoms with Crippen LogP contribution in [0.2, 0.25) is 0 Å². The van der Waals surface area contributed by atoms with Gasteiger partial charge in [0.05, 0.1) is 12.2 Å². The molecule has 0 spiro atoms. The van der Waals surface area contributed by atoms with Crippen molar-refractivity contribution in [1.82, 2.24) is 68.6 Å². The van der Waals surface area contributed by atoms with E-state index in [0.717, 1.165) is 15.8 Å². The Hall–Kier alpha value is -9.31. The number of amides is 11. The van der Waals surface area contributed by atoms with Crippen LogP contribution in [-0.2, 0) is 62.4 Å². The van der Waals surface area contributed by atoms with Crippen molar-refractivity contribution in [3.63, 3.8) is 0 Å². The number of hydrogen-bond donors (Lipinski definition) is 17. The molecule has 1 aliphatic heterocycles. The van der Waals surface area contributed by atoms with E-state index < -0.39 is 120 Å². The van der Waals surface area contributed by atoms with E-state index >= 15 is 0 Å². The van der Waals surface area contributed by atoms with Crippen LogP contribution in [0.4, 0.5) is 4.79 Å². The summed E-state index contributed by atoms with van der Waals surface area (Å²) < 4.78 is 0. The summed E-state index contributed by atoms with van der Waals surface area (Å²) in [6.07, 6.45) is -0.747. The molecule has 5 rings (SSSR count). The van der Waals surface area contributed by atoms with Crippen LogP contribution in [0.25, 0.3) is 10.9 Å². The maximum Gasteiger partial charge on any atom is 0.334 e. The lowest BCUT2D eigenvalue weighted by molar-refractivity contribution is -0.142. The minimum Gasteiger partial charge on any atom is -0.508 e. The number of para-hydroxylation sites is 1. The molecule has 2 heterocycles. The van der Waals surface area contributed by atoms with Crippen molar-refractivity contribution in [2.24, 2.45) is 11.7 Å². The average molecular weight is 1210 g/mol. The zero-order valence-corrected chi connectivity index (χ0v) is 49.7. The summed E-state index contributed by atoms with van der Waals surface area (Å²) in [5.41, 5.74) is 12.9. The number of aromatic amines is 1. The first-order valence-electron chi connectivity index (χ1n) is 28.9. The normalized spacial score (nSPS) is 16.4. The number of aliphatic hydroxyl groups excluding tert-OH is 2. The van der Waals surface area contributed by atoms with Gasteiger partial charge in [-0.2, -0.15) is 0 Å². The van der Waals surface area contributed by atoms with E-state index in [1.165, 1.54) is 26.0 Å². The summed E-state index contributed by atoms with van der Waals surface area (Å²) in [7, 11) is 1.55. The fraction of sp³-hybridized carbons (Fsp3) is 0.475. The number of aromatic hydroxyl groups is 1. The molecule has 1 saturated heterocycles. The van der Waals surface area contributed by atoms with Gasteiger partial charge in [0.2, 0.25) is 47.3 Å². The Kier molecular flexibility index (Phi) is 26.3. The molecule has 28 heteroatoms. The Morgan fingerprint density at radius 2 is 1.30 bits per heavy atom. The van der Waals surface area contributed by atoms with Crippen molar-refractivity contribution >= 4 is 76.1 Å². The van der Waals surface area contributed by atoms with Crippen LogP contribution in [0.15, 0.2) is 85.1 Å². The fourth-order valence-corrected chi connectivity index (χ4v) is 9.89. The van der Waals surface area contributed by atoms with Crippen molar-refractivity contribution in [2.75, 3.05) is 20.1 Å². The Morgan fingerprint density at radius 1 is 0.690 bits per heavy atom. The number of fused-ring (bicyclic) bond motifs is 1. The molecule has 0 radical (unpaired) electrons. The number of carbonyl (C=O) groups is 10. The summed E-state index contributed by atoms with van der Waals surface area (Å²) in [5.74, 6) is -7.55. The third-order valence-corrected chi connectivity index (χ3v) is 14.3. The van der Waals surface area contributed by atoms with Crippen LogP contribution in [0.5, 0.6) is 5.75 Å². The SMILES string of the molecule is CCC[C@H](NC(=O)[C@@H]1C[C@@H](O)CN1C(=O)[C@@H](Cc1ccc(O)cc1)NC(C)=O)C(=O)N[C@H](C(=O)N[C@@H](Cc1ccccc1)C(=O)NNC(=O)N[C@@H](CC(C)C)C(=O)N[C@@H](CCCNC(=N)NC)C(=O)N[C@@H](Cc1c[nH]c2ccccc12)C(N)=O)[C@@H](C)O. The predicted octanol–water partition coefficient (Wildman–Crippen LogP) is -1.27. The van der Waals surface area contributed by atoms with Gasteiger partial charge in [0.1, 0.15) is 54.1 Å². The summed E-state index contributed by atoms with van der Waals surface area (Å²) >= 11 is 0. The molecule has 28 nitrogen and oxygen atoms in total. The standard InChI is InChI=1S/C59H83N15O13/c1-7-14-42(67-55(84)48-29-39(78)31-74(48)57(86)47(65-34(5)76)27-36-20-22-38(77)23-21-36)52(81)71-49(33(4)75)56(85)69-46(26-35-15-9-8-10-16-35)54(83)72-73-59(87)70-45(25-32(2)3)53(82)66-43(19-13-24-63-58(61)62-6)51(80)68-44(50(60)79)28-37-30-64-41-18-12-11-17-40(37)41/h8-12,15-18,20-23,30,32-33,39,42-49,64,75,77-78H,7,13-14,19,24-29,31H2,1-6H3,(H2,60,79)(H,65,76)(H,66,82)(H,67,84)(H,68,80)(H,69,85)(H,71,81)(H,72,83)(H3,61,62,63)(H2,70,73,87)/t33-,39-,42+,43+,44+,45+,46+,47-,48+,49+/m1/s1. The van der Waals surface area contributed by atoms with Crippen LogP contribution >= 0.6 is 0 Å². The third-order valence-electron chi connectivity index (χ3n) is 14.3. The number of phenols is 1. The smallest absolute Gasteiger partial charge is 0.334 e. The number of hydrogen-bond acceptors (Lipinski definition) is 14. The molecule has 10 atom stereocenters. The highest BCUT2D eigenvalue weighted by Gasteiger charge is 2.43. The highest BCUT2D eigenvalue weighted by atomic mass is 16.3. The number of guanidine groups is 1. The molecule has 3 aromatic carbocycles. The number of rotatable bonds is 30. The van der Waals surface area contributed by atoms with E-state index in [4.69, 9.17) is 11.1 Å². The highest BCUT2D eigenvalue weighted by Crippen LogP contribution is 2.23. The maximum absolute atomic E-state index is 14.1. The number of nitrogens with zero attached hydrogens (tertiary/aromatic N) is 1. The number of phenolic OH excluding ortho intramolecular Hbond substituents is 1. The number of H-pyrrole nitrogens is 1. The molecule has 1 fully saturated rings. The van der Waals surface area contributed by atoms with E-state index in [2.05, 4.69) is 63.7 Å². The number of carbonyl (C=O) groups excluding carboxylic acids is 10. The molecule has 1 aliphatic rings. The van der Waals surface area contributed by atoms with Crippen molar-refractivity contribution in [2.45, 2.75) is 153 Å². The van der Waals surface area contributed by atoms with Crippen molar-refractivity contribution in [1.29, 1.82) is 5.41 Å². The molecule has 87 heavy (non-hydrogen) atoms. The predicted molar refractivity (Wildman–Crippen MR) is 320 cm³/mol. The second-order valence-corrected chi connectivity index (χ2v) is 21.9. The largest absolute Gasteiger partial charge is 0.508 e. The number of β-amino-alcohol motifs (C(OH)–C–C–N with tert-alkyl or cyclic N) is 1. The maximum atomic E-state index is 14.1. The number of nitrogens with two attached hydrogens (primary N) is 1. The number of benzene rings is 3. The Balaban J connectivity index is 1.26. The molecule has 1 aromatic heterocycles. The first kappa shape index (κ1) is 68.5. The van der Waals surface area contributed by atoms with Gasteiger partial charge in [0.15, 0.2) is 5.96 Å². The first-order chi connectivity index (χ1) is 41.4. The van der Waals surface area contributed by atoms with Crippen LogP contribution in [0, 0.1) is 11.3 Å². The molecule has 0 saturated carbocycles. The summed E-state index contributed by atoms with van der Waals surface area (Å²) in [6, 6.07) is 9.86. The zero-order chi connectivity index (χ0) is 63.9. The number of primary amides is 1. The van der Waals surface area contributed by atoms with Gasteiger partial charge in [-0.1, -0.05) is 87.9 Å².